The summed E-state index contributed by atoms with van der Waals surface area (Å²) in [5.74, 6) is -2.68. The largest absolute Gasteiger partial charge is 0.478 e. The Labute approximate surface area is 138 Å². The predicted octanol–water partition coefficient (Wildman–Crippen LogP) is 1.88. The molecular formula is C18H17NO5. The van der Waals surface area contributed by atoms with E-state index in [0.717, 1.165) is 4.90 Å². The van der Waals surface area contributed by atoms with Crippen molar-refractivity contribution in [3.63, 3.8) is 0 Å². The molecule has 1 aromatic rings. The van der Waals surface area contributed by atoms with Crippen molar-refractivity contribution in [2.75, 3.05) is 4.90 Å². The van der Waals surface area contributed by atoms with Gasteiger partial charge >= 0.3 is 5.97 Å². The Hall–Kier alpha value is -2.50. The van der Waals surface area contributed by atoms with Gasteiger partial charge in [-0.05, 0) is 36.1 Å². The molecule has 4 atom stereocenters. The van der Waals surface area contributed by atoms with Crippen molar-refractivity contribution in [3.05, 3.63) is 29.8 Å². The molecule has 6 nitrogen and oxygen atoms in total. The fourth-order valence-corrected chi connectivity index (χ4v) is 5.09. The summed E-state index contributed by atoms with van der Waals surface area (Å²) < 4.78 is 0. The van der Waals surface area contributed by atoms with Crippen molar-refractivity contribution in [2.24, 2.45) is 22.7 Å². The first-order chi connectivity index (χ1) is 11.2. The summed E-state index contributed by atoms with van der Waals surface area (Å²) in [6.07, 6.45) is 0.924. The van der Waals surface area contributed by atoms with Crippen LogP contribution in [0.25, 0.3) is 0 Å². The van der Waals surface area contributed by atoms with Crippen molar-refractivity contribution in [2.45, 2.75) is 26.7 Å². The van der Waals surface area contributed by atoms with Crippen molar-refractivity contribution in [1.29, 1.82) is 0 Å². The van der Waals surface area contributed by atoms with Gasteiger partial charge in [-0.2, -0.15) is 0 Å². The molecule has 0 unspecified atom stereocenters. The van der Waals surface area contributed by atoms with Gasteiger partial charge in [0.1, 0.15) is 5.78 Å². The molecule has 4 rings (SSSR count). The number of carboxylic acids is 1. The molecule has 2 bridgehead atoms. The maximum Gasteiger partial charge on any atom is 0.335 e. The first kappa shape index (κ1) is 15.1. The minimum absolute atomic E-state index is 0.0653. The monoisotopic (exact) mass is 327 g/mol. The molecule has 0 aromatic heterocycles. The fourth-order valence-electron chi connectivity index (χ4n) is 5.09. The molecule has 1 N–H and O–H groups in total. The van der Waals surface area contributed by atoms with Gasteiger partial charge in [0.25, 0.3) is 0 Å². The number of carbonyl (C=O) groups is 4. The molecule has 3 fully saturated rings. The van der Waals surface area contributed by atoms with Gasteiger partial charge < -0.3 is 5.11 Å². The van der Waals surface area contributed by atoms with Crippen LogP contribution < -0.4 is 4.90 Å². The lowest BCUT2D eigenvalue weighted by Gasteiger charge is -2.30. The molecule has 0 radical (unpaired) electrons. The van der Waals surface area contributed by atoms with Gasteiger partial charge in [-0.1, -0.05) is 13.8 Å². The fraction of sp³-hybridized carbons (Fsp3) is 0.444. The number of aromatic carboxylic acids is 1. The predicted molar refractivity (Wildman–Crippen MR) is 83.3 cm³/mol. The van der Waals surface area contributed by atoms with Gasteiger partial charge in [-0.3, -0.25) is 19.3 Å². The standard InChI is InChI=1S/C18H17NO5/c1-17-7-11(20)18(2,8-17)13-12(17)14(21)19(15(13)22)10-5-3-9(4-6-10)16(23)24/h3-6,12-13H,7-8H2,1-2H3,(H,23,24)/t12-,13-,17+,18+/m0/s1. The lowest BCUT2D eigenvalue weighted by Crippen LogP contribution is -2.40. The SMILES string of the molecule is C[C@@]12CC(=O)[C@@](C)(C1)[C@@H]1C(=O)N(c3ccc(C(=O)O)cc3)C(=O)[C@H]12. The summed E-state index contributed by atoms with van der Waals surface area (Å²) in [6.45, 7) is 3.72. The number of ketones is 1. The van der Waals surface area contributed by atoms with Crippen molar-refractivity contribution in [1.82, 2.24) is 0 Å². The van der Waals surface area contributed by atoms with Crippen LogP contribution in [0.5, 0.6) is 0 Å². The first-order valence-electron chi connectivity index (χ1n) is 7.93. The van der Waals surface area contributed by atoms with Crippen LogP contribution in [0, 0.1) is 22.7 Å². The van der Waals surface area contributed by atoms with Gasteiger partial charge in [-0.15, -0.1) is 0 Å². The van der Waals surface area contributed by atoms with E-state index in [1.54, 1.807) is 6.92 Å². The highest BCUT2D eigenvalue weighted by Gasteiger charge is 2.74. The van der Waals surface area contributed by atoms with E-state index >= 15 is 0 Å². The van der Waals surface area contributed by atoms with E-state index in [1.807, 2.05) is 6.92 Å². The molecule has 2 amide bonds. The Morgan fingerprint density at radius 3 is 2.25 bits per heavy atom. The summed E-state index contributed by atoms with van der Waals surface area (Å²) in [6, 6.07) is 5.68. The van der Waals surface area contributed by atoms with Crippen molar-refractivity contribution >= 4 is 29.3 Å². The highest BCUT2D eigenvalue weighted by Crippen LogP contribution is 2.67. The lowest BCUT2D eigenvalue weighted by atomic mass is 9.68. The molecular weight excluding hydrogens is 310 g/mol. The molecule has 1 aliphatic heterocycles. The molecule has 6 heteroatoms. The van der Waals surface area contributed by atoms with Crippen LogP contribution in [0.3, 0.4) is 0 Å². The second-order valence-corrected chi connectivity index (χ2v) is 7.67. The van der Waals surface area contributed by atoms with Gasteiger partial charge in [0.15, 0.2) is 0 Å². The maximum absolute atomic E-state index is 12.9. The number of hydrogen-bond acceptors (Lipinski definition) is 4. The first-order valence-corrected chi connectivity index (χ1v) is 7.93. The number of carboxylic acid groups (broad SMARTS) is 1. The molecule has 0 spiro atoms. The van der Waals surface area contributed by atoms with Crippen LogP contribution in [-0.4, -0.2) is 28.7 Å². The number of amides is 2. The summed E-state index contributed by atoms with van der Waals surface area (Å²) in [5, 5.41) is 8.97. The number of Topliss-reactive ketones (excluding diaryl/α,β-unsaturated/α-hetero) is 1. The minimum atomic E-state index is -1.07. The third-order valence-corrected chi connectivity index (χ3v) is 6.09. The Kier molecular flexibility index (Phi) is 2.71. The molecule has 1 heterocycles. The van der Waals surface area contributed by atoms with Crippen molar-refractivity contribution in [3.8, 4) is 0 Å². The average Bonchev–Trinajstić information content (AvgIpc) is 3.01. The number of imide groups is 1. The Morgan fingerprint density at radius 1 is 1.08 bits per heavy atom. The van der Waals surface area contributed by atoms with E-state index in [2.05, 4.69) is 0 Å². The third kappa shape index (κ3) is 1.60. The molecule has 3 aliphatic rings. The highest BCUT2D eigenvalue weighted by molar-refractivity contribution is 6.24. The lowest BCUT2D eigenvalue weighted by molar-refractivity contribution is -0.138. The van der Waals surface area contributed by atoms with Crippen LogP contribution in [0.4, 0.5) is 5.69 Å². The van der Waals surface area contributed by atoms with Gasteiger partial charge in [0.05, 0.1) is 23.1 Å². The topological polar surface area (TPSA) is 91.8 Å². The van der Waals surface area contributed by atoms with Crippen LogP contribution in [-0.2, 0) is 14.4 Å². The van der Waals surface area contributed by atoms with Crippen LogP contribution >= 0.6 is 0 Å². The quantitative estimate of drug-likeness (QED) is 0.837. The molecule has 1 aromatic carbocycles. The smallest absolute Gasteiger partial charge is 0.335 e. The van der Waals surface area contributed by atoms with E-state index in [9.17, 15) is 19.2 Å². The summed E-state index contributed by atoms with van der Waals surface area (Å²) in [7, 11) is 0. The average molecular weight is 327 g/mol. The van der Waals surface area contributed by atoms with Crippen LogP contribution in [0.15, 0.2) is 24.3 Å². The second-order valence-electron chi connectivity index (χ2n) is 7.67. The van der Waals surface area contributed by atoms with Gasteiger partial charge in [0.2, 0.25) is 11.8 Å². The summed E-state index contributed by atoms with van der Waals surface area (Å²) in [5.41, 5.74) is -0.767. The number of fused-ring (bicyclic) bond motifs is 5. The maximum atomic E-state index is 12.9. The molecule has 2 aliphatic carbocycles. The zero-order valence-corrected chi connectivity index (χ0v) is 13.4. The highest BCUT2D eigenvalue weighted by atomic mass is 16.4. The van der Waals surface area contributed by atoms with E-state index in [0.29, 0.717) is 18.5 Å². The number of benzene rings is 1. The second kappa shape index (κ2) is 4.32. The molecule has 24 heavy (non-hydrogen) atoms. The number of rotatable bonds is 2. The van der Waals surface area contributed by atoms with Gasteiger partial charge in [-0.25, -0.2) is 4.79 Å². The zero-order chi connectivity index (χ0) is 17.4. The Balaban J connectivity index is 1.76. The Bertz CT molecular complexity index is 813. The summed E-state index contributed by atoms with van der Waals surface area (Å²) in [4.78, 5) is 50.3. The Morgan fingerprint density at radius 2 is 1.67 bits per heavy atom. The van der Waals surface area contributed by atoms with E-state index in [1.165, 1.54) is 24.3 Å². The van der Waals surface area contributed by atoms with Crippen LogP contribution in [0.1, 0.15) is 37.0 Å². The number of anilines is 1. The van der Waals surface area contributed by atoms with E-state index < -0.39 is 28.6 Å². The van der Waals surface area contributed by atoms with Crippen LogP contribution in [0.2, 0.25) is 0 Å². The molecule has 2 saturated carbocycles. The number of nitrogens with zero attached hydrogens (tertiary/aromatic N) is 1. The normalized spacial score (nSPS) is 37.2. The summed E-state index contributed by atoms with van der Waals surface area (Å²) >= 11 is 0. The van der Waals surface area contributed by atoms with E-state index in [-0.39, 0.29) is 23.2 Å². The third-order valence-electron chi connectivity index (χ3n) is 6.09. The number of carbonyl (C=O) groups excluding carboxylic acids is 3. The number of hydrogen-bond donors (Lipinski definition) is 1. The molecule has 1 saturated heterocycles. The molecule has 124 valence electrons. The van der Waals surface area contributed by atoms with Gasteiger partial charge in [0, 0.05) is 11.8 Å². The van der Waals surface area contributed by atoms with E-state index in [4.69, 9.17) is 5.11 Å². The van der Waals surface area contributed by atoms with Crippen molar-refractivity contribution < 1.29 is 24.3 Å². The minimum Gasteiger partial charge on any atom is -0.478 e. The zero-order valence-electron chi connectivity index (χ0n) is 13.4.